The van der Waals surface area contributed by atoms with Crippen molar-refractivity contribution in [2.45, 2.75) is 95.2 Å². The van der Waals surface area contributed by atoms with Crippen LogP contribution in [0.5, 0.6) is 0 Å². The highest BCUT2D eigenvalue weighted by atomic mass is 16.2. The summed E-state index contributed by atoms with van der Waals surface area (Å²) in [5.41, 5.74) is -0.519. The Morgan fingerprint density at radius 3 is 2.38 bits per heavy atom. The topological polar surface area (TPSA) is 49.4 Å². The van der Waals surface area contributed by atoms with Gasteiger partial charge in [-0.15, -0.1) is 0 Å². The summed E-state index contributed by atoms with van der Waals surface area (Å²) >= 11 is 0. The average molecular weight is 292 g/mol. The molecular weight excluding hydrogens is 264 g/mol. The van der Waals surface area contributed by atoms with Gasteiger partial charge in [-0.05, 0) is 32.1 Å². The van der Waals surface area contributed by atoms with Crippen LogP contribution in [0.1, 0.15) is 77.6 Å². The van der Waals surface area contributed by atoms with E-state index < -0.39 is 5.54 Å². The van der Waals surface area contributed by atoms with E-state index in [1.165, 1.54) is 19.3 Å². The van der Waals surface area contributed by atoms with Crippen molar-refractivity contribution in [3.63, 3.8) is 0 Å². The lowest BCUT2D eigenvalue weighted by molar-refractivity contribution is -0.164. The summed E-state index contributed by atoms with van der Waals surface area (Å²) in [7, 11) is 0. The highest BCUT2D eigenvalue weighted by Crippen LogP contribution is 2.41. The molecule has 1 saturated heterocycles. The molecule has 4 heteroatoms. The molecule has 2 aliphatic carbocycles. The van der Waals surface area contributed by atoms with Gasteiger partial charge in [0.05, 0.1) is 0 Å². The van der Waals surface area contributed by atoms with Crippen molar-refractivity contribution in [2.75, 3.05) is 0 Å². The second-order valence-electron chi connectivity index (χ2n) is 7.05. The van der Waals surface area contributed by atoms with Crippen molar-refractivity contribution in [3.05, 3.63) is 0 Å². The van der Waals surface area contributed by atoms with Crippen LogP contribution in [-0.4, -0.2) is 34.3 Å². The maximum Gasteiger partial charge on any atom is 0.246 e. The predicted octanol–water partition coefficient (Wildman–Crippen LogP) is 2.76. The molecule has 1 N–H and O–H groups in total. The first-order chi connectivity index (χ1) is 10.2. The number of hydrogen-bond donors (Lipinski definition) is 1. The molecule has 1 unspecified atom stereocenters. The lowest BCUT2D eigenvalue weighted by Gasteiger charge is -2.52. The molecule has 3 aliphatic rings. The molecule has 1 aliphatic heterocycles. The second kappa shape index (κ2) is 5.98. The standard InChI is InChI=1S/C17H28N2O2/c1-2-8-14-15(20)19(13-9-4-5-10-13)17(16(21)18-14)11-6-3-7-12-17/h13-14H,2-12H2,1H3,(H,18,21). The molecular formula is C17H28N2O2. The minimum atomic E-state index is -0.519. The number of amides is 2. The first-order valence-electron chi connectivity index (χ1n) is 8.83. The molecule has 0 aromatic rings. The minimum Gasteiger partial charge on any atom is -0.342 e. The van der Waals surface area contributed by atoms with Gasteiger partial charge in [-0.25, -0.2) is 0 Å². The van der Waals surface area contributed by atoms with E-state index in [4.69, 9.17) is 0 Å². The molecule has 4 nitrogen and oxygen atoms in total. The normalized spacial score (nSPS) is 30.0. The molecule has 1 heterocycles. The average Bonchev–Trinajstić information content (AvgIpc) is 3.00. The van der Waals surface area contributed by atoms with Crippen LogP contribution in [0.4, 0.5) is 0 Å². The molecule has 3 rings (SSSR count). The molecule has 118 valence electrons. The molecule has 0 bridgehead atoms. The smallest absolute Gasteiger partial charge is 0.246 e. The van der Waals surface area contributed by atoms with Crippen molar-refractivity contribution in [1.82, 2.24) is 10.2 Å². The molecule has 0 radical (unpaired) electrons. The quantitative estimate of drug-likeness (QED) is 0.869. The van der Waals surface area contributed by atoms with E-state index in [0.717, 1.165) is 51.4 Å². The van der Waals surface area contributed by atoms with E-state index in [-0.39, 0.29) is 17.9 Å². The van der Waals surface area contributed by atoms with E-state index >= 15 is 0 Å². The Morgan fingerprint density at radius 2 is 1.76 bits per heavy atom. The first-order valence-corrected chi connectivity index (χ1v) is 8.83. The lowest BCUT2D eigenvalue weighted by Crippen LogP contribution is -2.72. The summed E-state index contributed by atoms with van der Waals surface area (Å²) in [6, 6.07) is 0.0247. The Labute approximate surface area is 127 Å². The largest absolute Gasteiger partial charge is 0.342 e. The number of nitrogens with zero attached hydrogens (tertiary/aromatic N) is 1. The van der Waals surface area contributed by atoms with Gasteiger partial charge in [0.2, 0.25) is 11.8 Å². The third-order valence-corrected chi connectivity index (χ3v) is 5.67. The summed E-state index contributed by atoms with van der Waals surface area (Å²) in [5, 5.41) is 3.05. The third kappa shape index (κ3) is 2.47. The number of nitrogens with one attached hydrogen (secondary N) is 1. The second-order valence-corrected chi connectivity index (χ2v) is 7.05. The Balaban J connectivity index is 1.92. The van der Waals surface area contributed by atoms with Crippen LogP contribution < -0.4 is 5.32 Å². The summed E-state index contributed by atoms with van der Waals surface area (Å²) in [6.45, 7) is 2.07. The van der Waals surface area contributed by atoms with Gasteiger partial charge in [0.1, 0.15) is 11.6 Å². The monoisotopic (exact) mass is 292 g/mol. The van der Waals surface area contributed by atoms with Gasteiger partial charge in [-0.2, -0.15) is 0 Å². The predicted molar refractivity (Wildman–Crippen MR) is 81.8 cm³/mol. The molecule has 2 saturated carbocycles. The Bertz CT molecular complexity index is 409. The fraction of sp³-hybridized carbons (Fsp3) is 0.882. The van der Waals surface area contributed by atoms with Gasteiger partial charge < -0.3 is 10.2 Å². The Hall–Kier alpha value is -1.06. The van der Waals surface area contributed by atoms with Crippen LogP contribution in [0.3, 0.4) is 0 Å². The maximum absolute atomic E-state index is 13.0. The fourth-order valence-electron chi connectivity index (χ4n) is 4.62. The summed E-state index contributed by atoms with van der Waals surface area (Å²) in [6.07, 6.45) is 11.3. The van der Waals surface area contributed by atoms with E-state index in [1.54, 1.807) is 0 Å². The van der Waals surface area contributed by atoms with Gasteiger partial charge in [-0.1, -0.05) is 45.4 Å². The molecule has 3 fully saturated rings. The van der Waals surface area contributed by atoms with Crippen LogP contribution in [0.25, 0.3) is 0 Å². The number of carbonyl (C=O) groups is 2. The van der Waals surface area contributed by atoms with Crippen LogP contribution in [0.15, 0.2) is 0 Å². The van der Waals surface area contributed by atoms with Crippen molar-refractivity contribution < 1.29 is 9.59 Å². The number of rotatable bonds is 3. The third-order valence-electron chi connectivity index (χ3n) is 5.67. The van der Waals surface area contributed by atoms with E-state index in [2.05, 4.69) is 17.1 Å². The lowest BCUT2D eigenvalue weighted by atomic mass is 9.76. The van der Waals surface area contributed by atoms with Gasteiger partial charge in [0, 0.05) is 6.04 Å². The zero-order chi connectivity index (χ0) is 14.9. The fourth-order valence-corrected chi connectivity index (χ4v) is 4.62. The molecule has 2 amide bonds. The molecule has 1 spiro atoms. The highest BCUT2D eigenvalue weighted by molar-refractivity contribution is 6.00. The number of hydrogen-bond acceptors (Lipinski definition) is 2. The van der Waals surface area contributed by atoms with Gasteiger partial charge in [0.25, 0.3) is 0 Å². The number of carbonyl (C=O) groups excluding carboxylic acids is 2. The van der Waals surface area contributed by atoms with Gasteiger partial charge >= 0.3 is 0 Å². The Morgan fingerprint density at radius 1 is 1.10 bits per heavy atom. The number of piperazine rings is 1. The van der Waals surface area contributed by atoms with Crippen LogP contribution in [0, 0.1) is 0 Å². The summed E-state index contributed by atoms with van der Waals surface area (Å²) in [4.78, 5) is 28.0. The molecule has 0 aromatic heterocycles. The Kier molecular flexibility index (Phi) is 4.23. The van der Waals surface area contributed by atoms with Crippen LogP contribution >= 0.6 is 0 Å². The van der Waals surface area contributed by atoms with Crippen molar-refractivity contribution in [1.29, 1.82) is 0 Å². The summed E-state index contributed by atoms with van der Waals surface area (Å²) < 4.78 is 0. The van der Waals surface area contributed by atoms with Gasteiger partial charge in [0.15, 0.2) is 0 Å². The maximum atomic E-state index is 13.0. The first kappa shape index (κ1) is 14.9. The van der Waals surface area contributed by atoms with Gasteiger partial charge in [-0.3, -0.25) is 9.59 Å². The van der Waals surface area contributed by atoms with Crippen molar-refractivity contribution >= 4 is 11.8 Å². The van der Waals surface area contributed by atoms with E-state index in [0.29, 0.717) is 6.04 Å². The van der Waals surface area contributed by atoms with Crippen LogP contribution in [-0.2, 0) is 9.59 Å². The molecule has 21 heavy (non-hydrogen) atoms. The van der Waals surface area contributed by atoms with Crippen molar-refractivity contribution in [2.24, 2.45) is 0 Å². The molecule has 1 atom stereocenters. The zero-order valence-electron chi connectivity index (χ0n) is 13.2. The minimum absolute atomic E-state index is 0.132. The van der Waals surface area contributed by atoms with Crippen molar-refractivity contribution in [3.8, 4) is 0 Å². The van der Waals surface area contributed by atoms with Crippen LogP contribution in [0.2, 0.25) is 0 Å². The highest BCUT2D eigenvalue weighted by Gasteiger charge is 2.54. The molecule has 0 aromatic carbocycles. The van der Waals surface area contributed by atoms with E-state index in [9.17, 15) is 9.59 Å². The zero-order valence-corrected chi connectivity index (χ0v) is 13.2. The van der Waals surface area contributed by atoms with E-state index in [1.807, 2.05) is 0 Å². The SMILES string of the molecule is CCCC1NC(=O)C2(CCCCC2)N(C2CCCC2)C1=O. The summed E-state index contributed by atoms with van der Waals surface area (Å²) in [5.74, 6) is 0.331.